The average molecular weight is 393 g/mol. The molecule has 0 bridgehead atoms. The largest absolute Gasteiger partial charge is 0.545 e. The van der Waals surface area contributed by atoms with Crippen LogP contribution in [0.15, 0.2) is 49.6 Å². The second-order valence-electron chi connectivity index (χ2n) is 6.31. The van der Waals surface area contributed by atoms with Crippen LogP contribution in [0.25, 0.3) is 0 Å². The Morgan fingerprint density at radius 3 is 1.39 bits per heavy atom. The number of aliphatic carboxylic acids is 2. The zero-order chi connectivity index (χ0) is 21.4. The van der Waals surface area contributed by atoms with E-state index in [1.165, 1.54) is 25.7 Å². The van der Waals surface area contributed by atoms with E-state index in [0.29, 0.717) is 12.2 Å². The standard InChI is InChI=1S/2C8H15N2.C4H4O4/c2*1-3-4-5-10-7-6-9(2)8-10;5-3(6)1-2-4(7)8/h2*6-8H,3-5H2,1-2H3;1-2H,(H,5,6)(H,7,8)/q2*+1;/p-2/b;;2-1-. The van der Waals surface area contributed by atoms with Gasteiger partial charge in [-0.05, 0) is 25.0 Å². The highest BCUT2D eigenvalue weighted by Crippen LogP contribution is 1.86. The van der Waals surface area contributed by atoms with Crippen LogP contribution in [0.1, 0.15) is 39.5 Å². The summed E-state index contributed by atoms with van der Waals surface area (Å²) in [6.07, 6.45) is 18.4. The van der Waals surface area contributed by atoms with Crippen molar-refractivity contribution in [1.29, 1.82) is 0 Å². The molecule has 156 valence electrons. The Balaban J connectivity index is 0.000000394. The molecule has 2 aromatic heterocycles. The zero-order valence-electron chi connectivity index (χ0n) is 17.3. The van der Waals surface area contributed by atoms with Gasteiger partial charge >= 0.3 is 0 Å². The zero-order valence-corrected chi connectivity index (χ0v) is 17.3. The van der Waals surface area contributed by atoms with Gasteiger partial charge in [0.05, 0.1) is 39.1 Å². The fraction of sp³-hybridized carbons (Fsp3) is 0.500. The van der Waals surface area contributed by atoms with Crippen LogP contribution in [-0.2, 0) is 36.8 Å². The van der Waals surface area contributed by atoms with Crippen LogP contribution in [0.2, 0.25) is 0 Å². The summed E-state index contributed by atoms with van der Waals surface area (Å²) in [5.41, 5.74) is 0. The molecular weight excluding hydrogens is 360 g/mol. The van der Waals surface area contributed by atoms with Gasteiger partial charge in [0.25, 0.3) is 0 Å². The lowest BCUT2D eigenvalue weighted by atomic mass is 10.3. The lowest BCUT2D eigenvalue weighted by Crippen LogP contribution is -2.30. The first-order valence-corrected chi connectivity index (χ1v) is 9.40. The van der Waals surface area contributed by atoms with Gasteiger partial charge in [-0.15, -0.1) is 0 Å². The molecule has 0 N–H and O–H groups in total. The first-order chi connectivity index (χ1) is 13.3. The summed E-state index contributed by atoms with van der Waals surface area (Å²) in [5, 5.41) is 18.8. The SMILES string of the molecule is CCCC[n+]1ccn(C)c1.CCCC[n+]1ccn(C)c1.O=C([O-])/C=C\C(=O)[O-]. The molecule has 0 aromatic carbocycles. The van der Waals surface area contributed by atoms with Crippen LogP contribution in [-0.4, -0.2) is 21.1 Å². The maximum absolute atomic E-state index is 9.41. The maximum atomic E-state index is 9.41. The predicted molar refractivity (Wildman–Crippen MR) is 100 cm³/mol. The Labute approximate surface area is 167 Å². The van der Waals surface area contributed by atoms with E-state index in [-0.39, 0.29) is 0 Å². The quantitative estimate of drug-likeness (QED) is 0.437. The van der Waals surface area contributed by atoms with Crippen LogP contribution >= 0.6 is 0 Å². The number of unbranched alkanes of at least 4 members (excludes halogenated alkanes) is 2. The van der Waals surface area contributed by atoms with Gasteiger partial charge in [0.15, 0.2) is 0 Å². The van der Waals surface area contributed by atoms with Crippen molar-refractivity contribution in [2.45, 2.75) is 52.6 Å². The number of carbonyl (C=O) groups excluding carboxylic acids is 2. The van der Waals surface area contributed by atoms with Crippen LogP contribution in [0, 0.1) is 0 Å². The summed E-state index contributed by atoms with van der Waals surface area (Å²) in [6, 6.07) is 0. The van der Waals surface area contributed by atoms with Gasteiger partial charge < -0.3 is 19.8 Å². The number of rotatable bonds is 8. The van der Waals surface area contributed by atoms with Gasteiger partial charge in [0, 0.05) is 0 Å². The van der Waals surface area contributed by atoms with Gasteiger partial charge in [-0.1, -0.05) is 26.7 Å². The van der Waals surface area contributed by atoms with Gasteiger partial charge in [-0.2, -0.15) is 0 Å². The molecule has 0 unspecified atom stereocenters. The Morgan fingerprint density at radius 2 is 1.18 bits per heavy atom. The van der Waals surface area contributed by atoms with Gasteiger partial charge in [0.2, 0.25) is 12.7 Å². The van der Waals surface area contributed by atoms with E-state index < -0.39 is 11.9 Å². The number of carboxylic acid groups (broad SMARTS) is 2. The number of aromatic nitrogens is 4. The molecular formula is C20H32N4O4. The number of aryl methyl sites for hydroxylation is 4. The molecule has 0 aliphatic rings. The van der Waals surface area contributed by atoms with Crippen LogP contribution in [0.5, 0.6) is 0 Å². The van der Waals surface area contributed by atoms with E-state index in [2.05, 4.69) is 69.6 Å². The van der Waals surface area contributed by atoms with E-state index in [4.69, 9.17) is 0 Å². The summed E-state index contributed by atoms with van der Waals surface area (Å²) in [6.45, 7) is 6.72. The molecule has 0 atom stereocenters. The van der Waals surface area contributed by atoms with Gasteiger partial charge in [-0.3, -0.25) is 0 Å². The molecule has 0 saturated heterocycles. The Hall–Kier alpha value is -2.90. The summed E-state index contributed by atoms with van der Waals surface area (Å²) < 4.78 is 8.55. The first kappa shape index (κ1) is 25.1. The summed E-state index contributed by atoms with van der Waals surface area (Å²) in [5.74, 6) is -3.09. The van der Waals surface area contributed by atoms with Crippen molar-refractivity contribution in [3.63, 3.8) is 0 Å². The first-order valence-electron chi connectivity index (χ1n) is 9.40. The molecule has 8 heteroatoms. The summed E-state index contributed by atoms with van der Waals surface area (Å²) >= 11 is 0. The van der Waals surface area contributed by atoms with Crippen LogP contribution in [0.4, 0.5) is 0 Å². The number of carbonyl (C=O) groups is 2. The van der Waals surface area contributed by atoms with E-state index in [0.717, 1.165) is 13.1 Å². The third-order valence-corrected chi connectivity index (χ3v) is 3.54. The molecule has 2 rings (SSSR count). The molecule has 28 heavy (non-hydrogen) atoms. The van der Waals surface area contributed by atoms with Crippen molar-refractivity contribution in [1.82, 2.24) is 9.13 Å². The van der Waals surface area contributed by atoms with Crippen LogP contribution in [0.3, 0.4) is 0 Å². The minimum absolute atomic E-state index is 0.384. The molecule has 0 aliphatic heterocycles. The Kier molecular flexibility index (Phi) is 13.6. The molecule has 0 aliphatic carbocycles. The molecule has 8 nitrogen and oxygen atoms in total. The Morgan fingerprint density at radius 1 is 0.821 bits per heavy atom. The highest BCUT2D eigenvalue weighted by molar-refractivity contribution is 5.87. The van der Waals surface area contributed by atoms with Crippen molar-refractivity contribution in [3.8, 4) is 0 Å². The normalized spacial score (nSPS) is 10.0. The number of hydrogen-bond acceptors (Lipinski definition) is 4. The number of carboxylic acids is 2. The predicted octanol–water partition coefficient (Wildman–Crippen LogP) is -0.732. The van der Waals surface area contributed by atoms with Crippen molar-refractivity contribution < 1.29 is 28.9 Å². The fourth-order valence-electron chi connectivity index (χ4n) is 2.09. The van der Waals surface area contributed by atoms with E-state index in [9.17, 15) is 19.8 Å². The topological polar surface area (TPSA) is 97.9 Å². The fourth-order valence-corrected chi connectivity index (χ4v) is 2.09. The van der Waals surface area contributed by atoms with Crippen molar-refractivity contribution in [3.05, 3.63) is 49.6 Å². The van der Waals surface area contributed by atoms with Gasteiger partial charge in [-0.25, -0.2) is 18.3 Å². The molecule has 0 radical (unpaired) electrons. The molecule has 0 saturated carbocycles. The van der Waals surface area contributed by atoms with E-state index in [1.54, 1.807) is 0 Å². The monoisotopic (exact) mass is 392 g/mol. The lowest BCUT2D eigenvalue weighted by molar-refractivity contribution is -0.696. The minimum Gasteiger partial charge on any atom is -0.545 e. The second kappa shape index (κ2) is 15.2. The number of imidazole rings is 2. The van der Waals surface area contributed by atoms with E-state index >= 15 is 0 Å². The molecule has 0 fully saturated rings. The molecule has 2 heterocycles. The third-order valence-electron chi connectivity index (χ3n) is 3.54. The third kappa shape index (κ3) is 14.3. The van der Waals surface area contributed by atoms with Crippen LogP contribution < -0.4 is 19.3 Å². The molecule has 0 amide bonds. The highest BCUT2D eigenvalue weighted by atomic mass is 16.4. The van der Waals surface area contributed by atoms with Crippen molar-refractivity contribution in [2.75, 3.05) is 0 Å². The molecule has 0 spiro atoms. The minimum atomic E-state index is -1.55. The van der Waals surface area contributed by atoms with Gasteiger partial charge in [0.1, 0.15) is 24.8 Å². The smallest absolute Gasteiger partial charge is 0.243 e. The van der Waals surface area contributed by atoms with Crippen molar-refractivity contribution >= 4 is 11.9 Å². The highest BCUT2D eigenvalue weighted by Gasteiger charge is 1.97. The average Bonchev–Trinajstić information content (AvgIpc) is 3.25. The molecule has 2 aromatic rings. The van der Waals surface area contributed by atoms with Crippen molar-refractivity contribution in [2.24, 2.45) is 14.1 Å². The number of hydrogen-bond donors (Lipinski definition) is 0. The lowest BCUT2D eigenvalue weighted by Gasteiger charge is -1.90. The Bertz CT molecular complexity index is 659. The second-order valence-corrected chi connectivity index (χ2v) is 6.31. The summed E-state index contributed by atoms with van der Waals surface area (Å²) in [7, 11) is 4.09. The maximum Gasteiger partial charge on any atom is 0.243 e. The van der Waals surface area contributed by atoms with E-state index in [1.807, 2.05) is 14.1 Å². The summed E-state index contributed by atoms with van der Waals surface area (Å²) in [4.78, 5) is 18.8. The number of nitrogens with zero attached hydrogens (tertiary/aromatic N) is 4.